The summed E-state index contributed by atoms with van der Waals surface area (Å²) in [5, 5.41) is 19.9. The van der Waals surface area contributed by atoms with E-state index < -0.39 is 51.8 Å². The van der Waals surface area contributed by atoms with Crippen molar-refractivity contribution in [2.75, 3.05) is 0 Å². The molecule has 0 aliphatic rings. The summed E-state index contributed by atoms with van der Waals surface area (Å²) in [6, 6.07) is 20.9. The van der Waals surface area contributed by atoms with Gasteiger partial charge in [-0.1, -0.05) is 48.5 Å². The predicted octanol–water partition coefficient (Wildman–Crippen LogP) is 4.39. The third kappa shape index (κ3) is 4.12. The number of para-hydroxylation sites is 4. The van der Waals surface area contributed by atoms with Gasteiger partial charge in [-0.2, -0.15) is 0 Å². The van der Waals surface area contributed by atoms with Gasteiger partial charge in [0.2, 0.25) is 0 Å². The monoisotopic (exact) mass is 558 g/mol. The first-order valence-corrected chi connectivity index (χ1v) is 12.5. The highest BCUT2D eigenvalue weighted by Crippen LogP contribution is 2.27. The number of benzene rings is 4. The summed E-state index contributed by atoms with van der Waals surface area (Å²) in [6.45, 7) is 0. The molecule has 2 heterocycles. The first-order chi connectivity index (χ1) is 20.3. The van der Waals surface area contributed by atoms with Crippen LogP contribution < -0.4 is 0 Å². The summed E-state index contributed by atoms with van der Waals surface area (Å²) in [5.41, 5.74) is -0.723. The highest BCUT2D eigenvalue weighted by molar-refractivity contribution is 6.24. The molecule has 0 amide bonds. The van der Waals surface area contributed by atoms with Crippen LogP contribution in [0.2, 0.25) is 0 Å². The molecule has 0 aliphatic carbocycles. The number of fused-ring (bicyclic) bond motifs is 2. The fourth-order valence-electron chi connectivity index (χ4n) is 4.93. The minimum Gasteiger partial charge on any atom is -0.478 e. The standard InChI is InChI=1S/C31H18N4O7/c36-27(17-7-5-9-19(30(39)40)25(17)28(37)34-15-32-21-11-1-3-13-23(21)34)18-8-6-10-20(31(41)42)26(18)29(38)35-16-33-22-12-2-4-14-24(22)35/h1-16H,(H,39,40)(H,41,42). The number of ketones is 1. The van der Waals surface area contributed by atoms with Gasteiger partial charge >= 0.3 is 11.9 Å². The SMILES string of the molecule is O=C(O)c1cccc(C(=O)c2cccc(C(=O)O)c2C(=O)n2cnc3ccccc32)c1C(=O)n1cnc2ccccc21. The largest absolute Gasteiger partial charge is 0.478 e. The number of carbonyl (C=O) groups excluding carboxylic acids is 3. The number of imidazole rings is 2. The Labute approximate surface area is 235 Å². The van der Waals surface area contributed by atoms with Crippen molar-refractivity contribution in [2.24, 2.45) is 0 Å². The Hall–Kier alpha value is -6.23. The van der Waals surface area contributed by atoms with E-state index in [4.69, 9.17) is 0 Å². The Morgan fingerprint density at radius 3 is 1.29 bits per heavy atom. The van der Waals surface area contributed by atoms with Gasteiger partial charge in [-0.3, -0.25) is 23.5 Å². The molecule has 0 radical (unpaired) electrons. The average Bonchev–Trinajstić information content (AvgIpc) is 3.64. The maximum atomic E-state index is 14.2. The third-order valence-corrected chi connectivity index (χ3v) is 6.85. The van der Waals surface area contributed by atoms with Crippen LogP contribution in [0.3, 0.4) is 0 Å². The normalized spacial score (nSPS) is 11.0. The van der Waals surface area contributed by atoms with Gasteiger partial charge in [0.05, 0.1) is 44.3 Å². The molecule has 0 saturated heterocycles. The molecule has 11 heteroatoms. The molecule has 204 valence electrons. The van der Waals surface area contributed by atoms with Crippen molar-refractivity contribution >= 4 is 51.6 Å². The second-order valence-electron chi connectivity index (χ2n) is 9.21. The van der Waals surface area contributed by atoms with E-state index in [1.165, 1.54) is 49.1 Å². The van der Waals surface area contributed by atoms with Crippen LogP contribution in [0.15, 0.2) is 97.6 Å². The summed E-state index contributed by atoms with van der Waals surface area (Å²) in [4.78, 5) is 74.7. The van der Waals surface area contributed by atoms with Crippen LogP contribution in [0.4, 0.5) is 0 Å². The van der Waals surface area contributed by atoms with Crippen molar-refractivity contribution in [1.82, 2.24) is 19.1 Å². The lowest BCUT2D eigenvalue weighted by molar-refractivity contribution is 0.0683. The smallest absolute Gasteiger partial charge is 0.336 e. The van der Waals surface area contributed by atoms with Crippen LogP contribution in [0.5, 0.6) is 0 Å². The van der Waals surface area contributed by atoms with Crippen molar-refractivity contribution in [3.05, 3.63) is 131 Å². The number of aromatic carboxylic acids is 2. The molecule has 0 saturated carbocycles. The minimum absolute atomic E-state index is 0.329. The van der Waals surface area contributed by atoms with Crippen LogP contribution in [0.1, 0.15) is 57.4 Å². The van der Waals surface area contributed by atoms with Crippen molar-refractivity contribution < 1.29 is 34.2 Å². The van der Waals surface area contributed by atoms with Crippen LogP contribution in [-0.4, -0.2) is 58.9 Å². The zero-order valence-corrected chi connectivity index (χ0v) is 21.5. The molecule has 0 aliphatic heterocycles. The number of carboxylic acids is 2. The van der Waals surface area contributed by atoms with Gasteiger partial charge in [0.25, 0.3) is 11.8 Å². The maximum absolute atomic E-state index is 14.2. The van der Waals surface area contributed by atoms with E-state index in [0.29, 0.717) is 22.1 Å². The van der Waals surface area contributed by atoms with Crippen LogP contribution in [-0.2, 0) is 0 Å². The number of carbonyl (C=O) groups is 5. The molecule has 0 fully saturated rings. The lowest BCUT2D eigenvalue weighted by atomic mass is 9.89. The van der Waals surface area contributed by atoms with Gasteiger partial charge in [0, 0.05) is 11.1 Å². The highest BCUT2D eigenvalue weighted by Gasteiger charge is 2.31. The molecular weight excluding hydrogens is 540 g/mol. The molecule has 2 N–H and O–H groups in total. The summed E-state index contributed by atoms with van der Waals surface area (Å²) in [7, 11) is 0. The summed E-state index contributed by atoms with van der Waals surface area (Å²) in [5.74, 6) is -5.52. The number of hydrogen-bond acceptors (Lipinski definition) is 7. The predicted molar refractivity (Wildman–Crippen MR) is 149 cm³/mol. The van der Waals surface area contributed by atoms with E-state index in [-0.39, 0.29) is 11.1 Å². The topological polar surface area (TPSA) is 161 Å². The Balaban J connectivity index is 1.56. The highest BCUT2D eigenvalue weighted by atomic mass is 16.4. The van der Waals surface area contributed by atoms with Crippen LogP contribution in [0.25, 0.3) is 22.1 Å². The summed E-state index contributed by atoms with van der Waals surface area (Å²) < 4.78 is 2.26. The number of rotatable bonds is 6. The van der Waals surface area contributed by atoms with Gasteiger partial charge in [-0.05, 0) is 36.4 Å². The minimum atomic E-state index is -1.46. The number of aromatic nitrogens is 4. The first-order valence-electron chi connectivity index (χ1n) is 12.5. The van der Waals surface area contributed by atoms with Crippen LogP contribution in [0, 0.1) is 0 Å². The van der Waals surface area contributed by atoms with Gasteiger partial charge in [-0.25, -0.2) is 19.6 Å². The number of nitrogens with zero attached hydrogens (tertiary/aromatic N) is 4. The molecule has 4 aromatic carbocycles. The van der Waals surface area contributed by atoms with E-state index >= 15 is 0 Å². The van der Waals surface area contributed by atoms with E-state index in [9.17, 15) is 34.2 Å². The van der Waals surface area contributed by atoms with Gasteiger partial charge in [-0.15, -0.1) is 0 Å². The zero-order chi connectivity index (χ0) is 29.5. The van der Waals surface area contributed by atoms with E-state index in [1.54, 1.807) is 48.5 Å². The Morgan fingerprint density at radius 2 is 0.881 bits per heavy atom. The Morgan fingerprint density at radius 1 is 0.500 bits per heavy atom. The summed E-state index contributed by atoms with van der Waals surface area (Å²) >= 11 is 0. The Kier molecular flexibility index (Phi) is 6.23. The van der Waals surface area contributed by atoms with Crippen LogP contribution >= 0.6 is 0 Å². The summed E-state index contributed by atoms with van der Waals surface area (Å²) in [6.07, 6.45) is 2.45. The molecule has 11 nitrogen and oxygen atoms in total. The van der Waals surface area contributed by atoms with Crippen molar-refractivity contribution in [2.45, 2.75) is 0 Å². The molecule has 0 atom stereocenters. The molecule has 0 spiro atoms. The molecule has 0 bridgehead atoms. The van der Waals surface area contributed by atoms with Gasteiger partial charge in [0.15, 0.2) is 5.78 Å². The number of hydrogen-bond donors (Lipinski definition) is 2. The quantitative estimate of drug-likeness (QED) is 0.282. The van der Waals surface area contributed by atoms with Gasteiger partial charge in [0.1, 0.15) is 12.7 Å². The fraction of sp³-hybridized carbons (Fsp3) is 0. The molecule has 6 rings (SSSR count). The van der Waals surface area contributed by atoms with Crippen molar-refractivity contribution in [3.63, 3.8) is 0 Å². The average molecular weight is 559 g/mol. The number of carboxylic acid groups (broad SMARTS) is 2. The van der Waals surface area contributed by atoms with Crippen molar-refractivity contribution in [1.29, 1.82) is 0 Å². The van der Waals surface area contributed by atoms with Gasteiger partial charge < -0.3 is 10.2 Å². The lowest BCUT2D eigenvalue weighted by Gasteiger charge is -2.15. The third-order valence-electron chi connectivity index (χ3n) is 6.85. The zero-order valence-electron chi connectivity index (χ0n) is 21.5. The molecule has 0 unspecified atom stereocenters. The molecule has 2 aromatic heterocycles. The van der Waals surface area contributed by atoms with E-state index in [2.05, 4.69) is 9.97 Å². The fourth-order valence-corrected chi connectivity index (χ4v) is 4.93. The maximum Gasteiger partial charge on any atom is 0.336 e. The lowest BCUT2D eigenvalue weighted by Crippen LogP contribution is -2.23. The molecular formula is C31H18N4O7. The van der Waals surface area contributed by atoms with Crippen molar-refractivity contribution in [3.8, 4) is 0 Å². The van der Waals surface area contributed by atoms with E-state index in [1.807, 2.05) is 0 Å². The Bertz CT molecular complexity index is 1970. The second-order valence-corrected chi connectivity index (χ2v) is 9.21. The van der Waals surface area contributed by atoms with E-state index in [0.717, 1.165) is 9.13 Å². The first kappa shape index (κ1) is 26.0. The molecule has 6 aromatic rings. The molecule has 42 heavy (non-hydrogen) atoms. The second kappa shape index (κ2) is 10.1.